The van der Waals surface area contributed by atoms with Crippen LogP contribution in [0.15, 0.2) is 0 Å². The van der Waals surface area contributed by atoms with Crippen LogP contribution in [0.2, 0.25) is 55.9 Å². The summed E-state index contributed by atoms with van der Waals surface area (Å²) in [5.41, 5.74) is 0. The normalized spacial score (nSPS) is 18.1. The zero-order valence-electron chi connectivity index (χ0n) is 23.6. The van der Waals surface area contributed by atoms with Crippen LogP contribution >= 0.6 is 123 Å². The summed E-state index contributed by atoms with van der Waals surface area (Å²) in [6, 6.07) is 11.9. The molecule has 2 heterocycles. The molecule has 0 bridgehead atoms. The van der Waals surface area contributed by atoms with Gasteiger partial charge < -0.3 is 18.5 Å². The van der Waals surface area contributed by atoms with Crippen molar-refractivity contribution in [2.24, 2.45) is 0 Å². The van der Waals surface area contributed by atoms with Crippen molar-refractivity contribution in [1.82, 2.24) is 0 Å². The SMILES string of the molecule is BrCCBr.CC[Si]1(CC)CCCC1I.CC[Si]1(CC)[CH-]CCC1.C[Si](C)(C)Cl.II.[Cl-].[Li+].[Zn+][I].[Zn]. The summed E-state index contributed by atoms with van der Waals surface area (Å²) < 4.78 is 1.10. The van der Waals surface area contributed by atoms with Gasteiger partial charge in [0.15, 0.2) is 0 Å². The van der Waals surface area contributed by atoms with E-state index in [2.05, 4.69) is 165 Å². The molecule has 2 rings (SSSR count). The number of halogens is 8. The van der Waals surface area contributed by atoms with Gasteiger partial charge in [0.05, 0.1) is 8.07 Å². The number of hydrogen-bond donors (Lipinski definition) is 0. The van der Waals surface area contributed by atoms with Gasteiger partial charge in [-0.05, 0) is 6.42 Å². The van der Waals surface area contributed by atoms with Crippen LogP contribution in [0, 0.1) is 6.04 Å². The molecule has 0 N–H and O–H groups in total. The number of rotatable bonds is 5. The predicted octanol–water partition coefficient (Wildman–Crippen LogP) is 7.12. The van der Waals surface area contributed by atoms with Crippen LogP contribution < -0.4 is 31.3 Å². The molecule has 0 radical (unpaired) electrons. The van der Waals surface area contributed by atoms with Gasteiger partial charge in [-0.2, -0.15) is 17.5 Å². The van der Waals surface area contributed by atoms with E-state index in [0.717, 1.165) is 14.2 Å². The van der Waals surface area contributed by atoms with Gasteiger partial charge in [-0.25, -0.2) is 0 Å². The van der Waals surface area contributed by atoms with Crippen molar-refractivity contribution in [1.29, 1.82) is 0 Å². The molecule has 2 saturated heterocycles. The molecular weight excluding hydrogens is 1210 g/mol. The van der Waals surface area contributed by atoms with Crippen LogP contribution in [0.1, 0.15) is 53.4 Å². The zero-order valence-corrected chi connectivity index (χ0v) is 45.8. The van der Waals surface area contributed by atoms with E-state index in [1.807, 2.05) is 0 Å². The van der Waals surface area contributed by atoms with Gasteiger partial charge in [0.1, 0.15) is 7.38 Å². The Morgan fingerprint density at radius 1 is 0.914 bits per heavy atom. The maximum Gasteiger partial charge on any atom is 0 e. The first kappa shape index (κ1) is 57.6. The summed E-state index contributed by atoms with van der Waals surface area (Å²) in [7, 11) is -2.54. The second kappa shape index (κ2) is 39.0. The van der Waals surface area contributed by atoms with Crippen molar-refractivity contribution in [2.75, 3.05) is 10.7 Å². The third-order valence-electron chi connectivity index (χ3n) is 6.14. The third kappa shape index (κ3) is 35.3. The maximum atomic E-state index is 5.67. The van der Waals surface area contributed by atoms with Gasteiger partial charge in [0, 0.05) is 70.9 Å². The van der Waals surface area contributed by atoms with E-state index in [9.17, 15) is 0 Å². The molecule has 0 amide bonds. The third-order valence-corrected chi connectivity index (χ3v) is 23.7. The van der Waals surface area contributed by atoms with Gasteiger partial charge in [0.25, 0.3) is 0 Å². The molecule has 0 aromatic heterocycles. The topological polar surface area (TPSA) is 0 Å². The summed E-state index contributed by atoms with van der Waals surface area (Å²) in [6.07, 6.45) is 5.97. The van der Waals surface area contributed by atoms with E-state index in [-0.39, 0.29) is 50.7 Å². The smallest absolute Gasteiger partial charge is 0 e. The molecule has 2 fully saturated rings. The van der Waals surface area contributed by atoms with Crippen molar-refractivity contribution >= 4 is 146 Å². The fourth-order valence-corrected chi connectivity index (χ4v) is 15.9. The number of alkyl halides is 3. The molecule has 2 aliphatic heterocycles. The summed E-state index contributed by atoms with van der Waals surface area (Å²) in [6.45, 7) is 15.8. The molecule has 0 aromatic carbocycles. The Kier molecular flexibility index (Phi) is 64.1. The van der Waals surface area contributed by atoms with E-state index in [4.69, 9.17) is 11.1 Å². The summed E-state index contributed by atoms with van der Waals surface area (Å²) >= 11 is 22.6. The van der Waals surface area contributed by atoms with Crippen molar-refractivity contribution in [3.8, 4) is 0 Å². The van der Waals surface area contributed by atoms with Gasteiger partial charge in [-0.1, -0.05) is 159 Å². The zero-order chi connectivity index (χ0) is 26.3. The molecule has 1 atom stereocenters. The first-order valence-electron chi connectivity index (χ1n) is 11.7. The molecule has 0 saturated carbocycles. The quantitative estimate of drug-likeness (QED) is 0.0906. The maximum absolute atomic E-state index is 5.67. The molecule has 0 aliphatic carbocycles. The van der Waals surface area contributed by atoms with E-state index in [1.54, 1.807) is 12.1 Å². The van der Waals surface area contributed by atoms with Crippen LogP contribution in [0.3, 0.4) is 0 Å². The minimum absolute atomic E-state index is 0. The molecule has 35 heavy (non-hydrogen) atoms. The molecule has 204 valence electrons. The minimum atomic E-state index is -1.14. The summed E-state index contributed by atoms with van der Waals surface area (Å²) in [5, 5.41) is 2.10. The van der Waals surface area contributed by atoms with Crippen molar-refractivity contribution < 1.29 is 65.5 Å². The van der Waals surface area contributed by atoms with E-state index < -0.39 is 23.5 Å². The molecule has 2 aliphatic rings. The van der Waals surface area contributed by atoms with E-state index in [1.165, 1.54) is 64.6 Å². The Morgan fingerprint density at radius 2 is 1.29 bits per heavy atom. The first-order chi connectivity index (χ1) is 15.0. The average Bonchev–Trinajstić information content (AvgIpc) is 3.43. The first-order valence-corrected chi connectivity index (χ1v) is 40.4. The van der Waals surface area contributed by atoms with Crippen LogP contribution in [0.4, 0.5) is 0 Å². The molecular formula is C21H47Br2Cl2I4LiSi3Zn2. The van der Waals surface area contributed by atoms with Gasteiger partial charge in [0.2, 0.25) is 0 Å². The second-order valence-electron chi connectivity index (χ2n) is 9.04. The van der Waals surface area contributed by atoms with Crippen LogP contribution in [-0.2, 0) is 34.3 Å². The Balaban J connectivity index is -0.0000000581. The molecule has 0 nitrogen and oxygen atoms in total. The Hall–Kier alpha value is 6.95. The average molecular weight is 1260 g/mol. The predicted molar refractivity (Wildman–Crippen MR) is 202 cm³/mol. The van der Waals surface area contributed by atoms with Gasteiger partial charge >= 0.3 is 53.4 Å². The summed E-state index contributed by atoms with van der Waals surface area (Å²) in [4.78, 5) is 0. The van der Waals surface area contributed by atoms with Crippen LogP contribution in [0.25, 0.3) is 0 Å². The second-order valence-corrected chi connectivity index (χ2v) is 31.2. The standard InChI is InChI=1S/C8H17ISi.C8H17Si.C3H9ClSi.C2H4Br2.ClH.I2.HI.Li.2Zn/c1-3-10(4-2)7-5-6-8(10)9;1-3-9(4-2)7-5-6-8-9;1-5(2,3)4;3-1-2-4;;1-2;;;;/h8H,3-7H2,1-2H3;7H,3-6,8H2,1-2H3;1-3H3;1-2H2;1H;;1H;;;/q;-1;;;;;;+1;;+2/p-2. The van der Waals surface area contributed by atoms with E-state index in [0.29, 0.717) is 0 Å². The van der Waals surface area contributed by atoms with Gasteiger partial charge in [-0.3, -0.25) is 0 Å². The summed E-state index contributed by atoms with van der Waals surface area (Å²) in [5.74, 6) is 0. The fourth-order valence-electron chi connectivity index (χ4n) is 4.00. The van der Waals surface area contributed by atoms with E-state index >= 15 is 0 Å². The fraction of sp³-hybridized carbons (Fsp3) is 0.952. The van der Waals surface area contributed by atoms with Crippen LogP contribution in [0.5, 0.6) is 0 Å². The van der Waals surface area contributed by atoms with Gasteiger partial charge in [-0.15, -0.1) is 0 Å². The Labute approximate surface area is 334 Å². The Morgan fingerprint density at radius 3 is 1.40 bits per heavy atom. The molecule has 14 heteroatoms. The monoisotopic (exact) mass is 1250 g/mol. The van der Waals surface area contributed by atoms with Crippen LogP contribution in [-0.4, -0.2) is 37.7 Å². The molecule has 0 aromatic rings. The van der Waals surface area contributed by atoms with Crippen molar-refractivity contribution in [2.45, 2.75) is 113 Å². The molecule has 1 unspecified atom stereocenters. The Bertz CT molecular complexity index is 377. The number of hydrogen-bond acceptors (Lipinski definition) is 0. The largest absolute Gasteiger partial charge is 0 e. The van der Waals surface area contributed by atoms with Crippen molar-refractivity contribution in [3.63, 3.8) is 0 Å². The van der Waals surface area contributed by atoms with Crippen molar-refractivity contribution in [3.05, 3.63) is 6.04 Å². The molecule has 0 spiro atoms. The minimum Gasteiger partial charge on any atom is 0 e.